The second-order valence-electron chi connectivity index (χ2n) is 17.8. The van der Waals surface area contributed by atoms with Gasteiger partial charge in [0.1, 0.15) is 0 Å². The smallest absolute Gasteiger partial charge is 0.163 e. The van der Waals surface area contributed by atoms with E-state index in [2.05, 4.69) is 206 Å². The third-order valence-corrected chi connectivity index (χ3v) is 13.9. The van der Waals surface area contributed by atoms with Gasteiger partial charge in [0.25, 0.3) is 0 Å². The molecule has 9 aromatic carbocycles. The van der Waals surface area contributed by atoms with Crippen molar-refractivity contribution in [3.63, 3.8) is 0 Å². The van der Waals surface area contributed by atoms with Crippen LogP contribution in [0.1, 0.15) is 17.0 Å². The first kappa shape index (κ1) is 38.1. The van der Waals surface area contributed by atoms with E-state index in [-0.39, 0.29) is 0 Å². The summed E-state index contributed by atoms with van der Waals surface area (Å²) >= 11 is 0. The van der Waals surface area contributed by atoms with E-state index in [1.165, 1.54) is 21.5 Å². The van der Waals surface area contributed by atoms with Crippen LogP contribution in [0.2, 0.25) is 0 Å². The van der Waals surface area contributed by atoms with E-state index in [1.54, 1.807) is 0 Å². The number of nitrogens with zero attached hydrogens (tertiary/aromatic N) is 7. The summed E-state index contributed by atoms with van der Waals surface area (Å²) in [5.41, 5.74) is 15.4. The van der Waals surface area contributed by atoms with Crippen LogP contribution in [0.5, 0.6) is 0 Å². The van der Waals surface area contributed by atoms with Crippen LogP contribution in [-0.4, -0.2) is 28.2 Å². The first-order valence-corrected chi connectivity index (χ1v) is 23.0. The van der Waals surface area contributed by atoms with Gasteiger partial charge < -0.3 is 18.3 Å². The van der Waals surface area contributed by atoms with Gasteiger partial charge in [-0.2, -0.15) is 5.26 Å². The Morgan fingerprint density at radius 1 is 0.338 bits per heavy atom. The minimum atomic E-state index is 0.525. The Labute approximate surface area is 390 Å². The largest absolute Gasteiger partial charge is 0.309 e. The third-order valence-electron chi connectivity index (χ3n) is 13.9. The molecule has 0 saturated heterocycles. The van der Waals surface area contributed by atoms with Crippen LogP contribution in [0.25, 0.3) is 121 Å². The monoisotopic (exact) mass is 869 g/mol. The Bertz CT molecular complexity index is 4110. The molecule has 0 radical (unpaired) electrons. The number of aryl methyl sites for hydroxylation is 2. The van der Waals surface area contributed by atoms with Crippen molar-refractivity contribution in [3.8, 4) is 40.2 Å². The molecule has 0 aliphatic carbocycles. The second kappa shape index (κ2) is 14.4. The second-order valence-corrected chi connectivity index (χ2v) is 17.8. The molecular weight excluding hydrogens is 831 g/mol. The molecule has 0 spiro atoms. The van der Waals surface area contributed by atoms with Crippen molar-refractivity contribution in [2.24, 2.45) is 0 Å². The highest BCUT2D eigenvalue weighted by Gasteiger charge is 2.26. The summed E-state index contributed by atoms with van der Waals surface area (Å²) in [7, 11) is 0. The molecular formula is C61H39N7. The van der Waals surface area contributed by atoms with Crippen molar-refractivity contribution in [2.45, 2.75) is 13.8 Å². The van der Waals surface area contributed by atoms with Crippen molar-refractivity contribution in [2.75, 3.05) is 0 Å². The van der Waals surface area contributed by atoms with Crippen molar-refractivity contribution in [1.29, 1.82) is 5.26 Å². The molecule has 7 nitrogen and oxygen atoms in total. The zero-order chi connectivity index (χ0) is 45.2. The van der Waals surface area contributed by atoms with Crippen molar-refractivity contribution in [3.05, 3.63) is 217 Å². The fourth-order valence-corrected chi connectivity index (χ4v) is 11.2. The van der Waals surface area contributed by atoms with Gasteiger partial charge in [-0.3, -0.25) is 0 Å². The topological polar surface area (TPSA) is 69.3 Å². The maximum Gasteiger partial charge on any atom is 0.163 e. The SMILES string of the molecule is Cc1cc(C)nc(-c2c(-n3c4ccccc4c4ccc(-n5c6ccccc6c6ccccc65)cc43)cc(C#N)cc2-n2c3ccccc3c3ccc(-n4c5ccccc5c5ccccc54)cc32)n1. The van der Waals surface area contributed by atoms with E-state index in [0.717, 1.165) is 105 Å². The van der Waals surface area contributed by atoms with Gasteiger partial charge in [-0.25, -0.2) is 9.97 Å². The van der Waals surface area contributed by atoms with Gasteiger partial charge in [0.05, 0.1) is 72.7 Å². The maximum atomic E-state index is 11.1. The van der Waals surface area contributed by atoms with E-state index in [0.29, 0.717) is 11.4 Å². The fraction of sp³-hybridized carbons (Fsp3) is 0.0328. The Morgan fingerprint density at radius 3 is 0.985 bits per heavy atom. The number of aromatic nitrogens is 6. The number of para-hydroxylation sites is 6. The summed E-state index contributed by atoms with van der Waals surface area (Å²) in [6, 6.07) is 73.9. The van der Waals surface area contributed by atoms with Crippen LogP contribution in [-0.2, 0) is 0 Å². The molecule has 318 valence electrons. The first-order chi connectivity index (χ1) is 33.5. The maximum absolute atomic E-state index is 11.1. The van der Waals surface area contributed by atoms with Gasteiger partial charge in [-0.15, -0.1) is 0 Å². The molecule has 0 saturated carbocycles. The summed E-state index contributed by atoms with van der Waals surface area (Å²) in [6.45, 7) is 4.05. The van der Waals surface area contributed by atoms with Crippen molar-refractivity contribution < 1.29 is 0 Å². The Hall–Kier alpha value is -9.25. The van der Waals surface area contributed by atoms with E-state index in [1.807, 2.05) is 32.0 Å². The average molecular weight is 870 g/mol. The normalized spacial score (nSPS) is 12.0. The average Bonchev–Trinajstić information content (AvgIpc) is 4.10. The molecule has 14 rings (SSSR count). The van der Waals surface area contributed by atoms with Crippen LogP contribution in [0.15, 0.2) is 200 Å². The van der Waals surface area contributed by atoms with Crippen LogP contribution < -0.4 is 0 Å². The van der Waals surface area contributed by atoms with Crippen LogP contribution in [0.4, 0.5) is 0 Å². The summed E-state index contributed by atoms with van der Waals surface area (Å²) in [6.07, 6.45) is 0. The van der Waals surface area contributed by atoms with E-state index in [4.69, 9.17) is 9.97 Å². The molecule has 0 unspecified atom stereocenters. The van der Waals surface area contributed by atoms with Gasteiger partial charge in [-0.05, 0) is 92.7 Å². The predicted octanol–water partition coefficient (Wildman–Crippen LogP) is 15.0. The predicted molar refractivity (Wildman–Crippen MR) is 279 cm³/mol. The fourth-order valence-electron chi connectivity index (χ4n) is 11.2. The van der Waals surface area contributed by atoms with Gasteiger partial charge >= 0.3 is 0 Å². The van der Waals surface area contributed by atoms with Gasteiger partial charge in [0, 0.05) is 65.9 Å². The van der Waals surface area contributed by atoms with E-state index < -0.39 is 0 Å². The quantitative estimate of drug-likeness (QED) is 0.173. The molecule has 68 heavy (non-hydrogen) atoms. The summed E-state index contributed by atoms with van der Waals surface area (Å²) in [5, 5.41) is 20.4. The van der Waals surface area contributed by atoms with Crippen molar-refractivity contribution >= 4 is 87.2 Å². The number of hydrogen-bond donors (Lipinski definition) is 0. The summed E-state index contributed by atoms with van der Waals surface area (Å²) in [4.78, 5) is 10.5. The Kier molecular flexibility index (Phi) is 8.05. The molecule has 5 aromatic heterocycles. The lowest BCUT2D eigenvalue weighted by atomic mass is 10.0. The first-order valence-electron chi connectivity index (χ1n) is 23.0. The number of benzene rings is 9. The third kappa shape index (κ3) is 5.40. The molecule has 0 aliphatic heterocycles. The molecule has 5 heterocycles. The van der Waals surface area contributed by atoms with Crippen LogP contribution >= 0.6 is 0 Å². The zero-order valence-corrected chi connectivity index (χ0v) is 37.2. The van der Waals surface area contributed by atoms with Crippen molar-refractivity contribution in [1.82, 2.24) is 28.2 Å². The summed E-state index contributed by atoms with van der Waals surface area (Å²) < 4.78 is 9.40. The number of rotatable bonds is 5. The van der Waals surface area contributed by atoms with Gasteiger partial charge in [0.15, 0.2) is 5.82 Å². The molecule has 0 amide bonds. The number of nitriles is 1. The van der Waals surface area contributed by atoms with E-state index >= 15 is 0 Å². The highest BCUT2D eigenvalue weighted by atomic mass is 15.1. The summed E-state index contributed by atoms with van der Waals surface area (Å²) in [5.74, 6) is 0.589. The standard InChI is InChI=1S/C61H39N7/c1-37-31-38(2)64-61(63-37)60-58(67-54-25-13-7-19-46(54)48-29-27-40(34-56(48)67)65-50-21-9-3-15-42(50)43-16-4-10-22-51(43)65)32-39(36-62)33-59(60)68-55-26-14-8-20-47(55)49-30-28-41(35-57(49)68)66-52-23-11-5-17-44(52)45-18-6-12-24-53(45)66/h3-35H,1-2H3. The Morgan fingerprint density at radius 2 is 0.647 bits per heavy atom. The minimum absolute atomic E-state index is 0.525. The highest BCUT2D eigenvalue weighted by molar-refractivity contribution is 6.15. The van der Waals surface area contributed by atoms with Gasteiger partial charge in [-0.1, -0.05) is 121 Å². The molecule has 14 aromatic rings. The molecule has 0 bridgehead atoms. The number of fused-ring (bicyclic) bond motifs is 12. The van der Waals surface area contributed by atoms with E-state index in [9.17, 15) is 5.26 Å². The highest BCUT2D eigenvalue weighted by Crippen LogP contribution is 2.44. The number of hydrogen-bond acceptors (Lipinski definition) is 3. The lowest BCUT2D eigenvalue weighted by Crippen LogP contribution is -2.08. The zero-order valence-electron chi connectivity index (χ0n) is 37.2. The molecule has 0 atom stereocenters. The van der Waals surface area contributed by atoms with Crippen LogP contribution in [0.3, 0.4) is 0 Å². The van der Waals surface area contributed by atoms with Crippen LogP contribution in [0, 0.1) is 25.2 Å². The molecule has 0 aliphatic rings. The minimum Gasteiger partial charge on any atom is -0.309 e. The molecule has 0 fully saturated rings. The Balaban J connectivity index is 1.12. The molecule has 0 N–H and O–H groups in total. The van der Waals surface area contributed by atoms with Gasteiger partial charge in [0.2, 0.25) is 0 Å². The lowest BCUT2D eigenvalue weighted by molar-refractivity contribution is 1.04. The molecule has 7 heteroatoms. The lowest BCUT2D eigenvalue weighted by Gasteiger charge is -2.20.